The van der Waals surface area contributed by atoms with Gasteiger partial charge < -0.3 is 9.64 Å². The van der Waals surface area contributed by atoms with E-state index in [9.17, 15) is 18.4 Å². The Morgan fingerprint density at radius 1 is 1.17 bits per heavy atom. The molecule has 2 aromatic rings. The van der Waals surface area contributed by atoms with Gasteiger partial charge in [0.1, 0.15) is 5.82 Å². The number of hydrogen-bond donors (Lipinski definition) is 1. The molecule has 3 rings (SSSR count). The van der Waals surface area contributed by atoms with Gasteiger partial charge in [0, 0.05) is 25.6 Å². The minimum atomic E-state index is -2.32. The highest BCUT2D eigenvalue weighted by Crippen LogP contribution is 2.28. The highest BCUT2D eigenvalue weighted by molar-refractivity contribution is 8.14. The van der Waals surface area contributed by atoms with Crippen LogP contribution in [-0.2, 0) is 20.8 Å². The normalized spacial score (nSPS) is 15.0. The lowest BCUT2D eigenvalue weighted by molar-refractivity contribution is -0.109. The number of ketones is 1. The fourth-order valence-corrected chi connectivity index (χ4v) is 3.93. The van der Waals surface area contributed by atoms with Crippen LogP contribution in [0.25, 0.3) is 0 Å². The van der Waals surface area contributed by atoms with Crippen molar-refractivity contribution in [2.24, 2.45) is 0 Å². The number of ether oxygens (including phenoxy) is 1. The molecule has 1 aliphatic rings. The van der Waals surface area contributed by atoms with Gasteiger partial charge in [-0.25, -0.2) is 13.5 Å². The molecule has 0 aliphatic carbocycles. The van der Waals surface area contributed by atoms with Gasteiger partial charge in [0.2, 0.25) is 0 Å². The van der Waals surface area contributed by atoms with Gasteiger partial charge in [0.05, 0.1) is 36.5 Å². The third kappa shape index (κ3) is 5.63. The SMILES string of the molecule is CC(=O)SCC(=O)c1ccc(N(c2ccc(N3CCOCC3)nc2)S(=O)O)cc1. The highest BCUT2D eigenvalue weighted by atomic mass is 32.2. The zero-order valence-corrected chi connectivity index (χ0v) is 17.4. The Bertz CT molecular complexity index is 884. The number of carbonyl (C=O) groups is 2. The minimum Gasteiger partial charge on any atom is -0.378 e. The van der Waals surface area contributed by atoms with E-state index in [0.717, 1.165) is 30.7 Å². The maximum Gasteiger partial charge on any atom is 0.266 e. The van der Waals surface area contributed by atoms with Gasteiger partial charge in [-0.3, -0.25) is 14.1 Å². The number of carbonyl (C=O) groups excluding carboxylic acids is 2. The summed E-state index contributed by atoms with van der Waals surface area (Å²) in [5.41, 5.74) is 1.34. The fourth-order valence-electron chi connectivity index (χ4n) is 2.84. The van der Waals surface area contributed by atoms with Crippen molar-refractivity contribution in [2.45, 2.75) is 6.92 Å². The van der Waals surface area contributed by atoms with Gasteiger partial charge >= 0.3 is 0 Å². The lowest BCUT2D eigenvalue weighted by atomic mass is 10.1. The van der Waals surface area contributed by atoms with E-state index in [-0.39, 0.29) is 16.7 Å². The standard InChI is InChI=1S/C19H21N3O5S2/c1-14(23)28-13-18(24)15-2-4-16(5-3-15)22(29(25)26)17-6-7-19(20-12-17)21-8-10-27-11-9-21/h2-7,12H,8-11,13H2,1H3,(H,25,26). The number of anilines is 3. The molecule has 1 aromatic heterocycles. The van der Waals surface area contributed by atoms with Crippen molar-refractivity contribution in [3.8, 4) is 0 Å². The van der Waals surface area contributed by atoms with Crippen molar-refractivity contribution in [3.63, 3.8) is 0 Å². The molecule has 1 N–H and O–H groups in total. The van der Waals surface area contributed by atoms with Crippen LogP contribution in [-0.4, -0.2) is 56.7 Å². The van der Waals surface area contributed by atoms with Crippen molar-refractivity contribution in [1.29, 1.82) is 0 Å². The molecule has 2 heterocycles. The van der Waals surface area contributed by atoms with Crippen molar-refractivity contribution >= 4 is 51.1 Å². The second kappa shape index (κ2) is 9.97. The Kier molecular flexibility index (Phi) is 7.37. The Labute approximate surface area is 175 Å². The van der Waals surface area contributed by atoms with Gasteiger partial charge in [-0.15, -0.1) is 0 Å². The number of rotatable bonds is 7. The van der Waals surface area contributed by atoms with Crippen LogP contribution in [0.5, 0.6) is 0 Å². The molecule has 0 amide bonds. The molecule has 0 radical (unpaired) electrons. The van der Waals surface area contributed by atoms with E-state index in [1.807, 2.05) is 0 Å². The first-order chi connectivity index (χ1) is 14.0. The molecule has 1 unspecified atom stereocenters. The summed E-state index contributed by atoms with van der Waals surface area (Å²) in [7, 11) is 0. The minimum absolute atomic E-state index is 0.0667. The summed E-state index contributed by atoms with van der Waals surface area (Å²) in [4.78, 5) is 29.6. The maximum atomic E-state index is 12.1. The van der Waals surface area contributed by atoms with Crippen LogP contribution in [0.3, 0.4) is 0 Å². The Morgan fingerprint density at radius 2 is 1.83 bits per heavy atom. The molecule has 8 nitrogen and oxygen atoms in total. The number of pyridine rings is 1. The highest BCUT2D eigenvalue weighted by Gasteiger charge is 2.18. The van der Waals surface area contributed by atoms with Gasteiger partial charge in [-0.05, 0) is 36.4 Å². The molecule has 1 atom stereocenters. The monoisotopic (exact) mass is 435 g/mol. The number of nitrogens with zero attached hydrogens (tertiary/aromatic N) is 3. The van der Waals surface area contributed by atoms with Gasteiger partial charge in [0.15, 0.2) is 10.9 Å². The van der Waals surface area contributed by atoms with Crippen molar-refractivity contribution in [1.82, 2.24) is 4.98 Å². The number of aromatic nitrogens is 1. The molecular formula is C19H21N3O5S2. The van der Waals surface area contributed by atoms with Crippen molar-refractivity contribution in [3.05, 3.63) is 48.2 Å². The van der Waals surface area contributed by atoms with Crippen LogP contribution in [0.1, 0.15) is 17.3 Å². The zero-order valence-electron chi connectivity index (χ0n) is 15.8. The summed E-state index contributed by atoms with van der Waals surface area (Å²) < 4.78 is 28.3. The predicted molar refractivity (Wildman–Crippen MR) is 114 cm³/mol. The molecule has 0 saturated carbocycles. The topological polar surface area (TPSA) is 100 Å². The van der Waals surface area contributed by atoms with E-state index in [4.69, 9.17) is 4.74 Å². The zero-order chi connectivity index (χ0) is 20.8. The fraction of sp³-hybridized carbons (Fsp3) is 0.316. The van der Waals surface area contributed by atoms with Crippen LogP contribution in [0.4, 0.5) is 17.2 Å². The van der Waals surface area contributed by atoms with E-state index in [0.29, 0.717) is 30.2 Å². The molecule has 1 saturated heterocycles. The number of Topliss-reactive ketones (excluding diaryl/α,β-unsaturated/α-hetero) is 1. The number of morpholine rings is 1. The van der Waals surface area contributed by atoms with Crippen LogP contribution in [0.2, 0.25) is 0 Å². The second-order valence-corrected chi connectivity index (χ2v) is 8.23. The molecule has 0 bridgehead atoms. The van der Waals surface area contributed by atoms with Gasteiger partial charge in [0.25, 0.3) is 11.3 Å². The Hall–Kier alpha value is -2.27. The van der Waals surface area contributed by atoms with Crippen LogP contribution in [0, 0.1) is 0 Å². The van der Waals surface area contributed by atoms with Gasteiger partial charge in [-0.2, -0.15) is 0 Å². The van der Waals surface area contributed by atoms with E-state index in [1.54, 1.807) is 42.6 Å². The maximum absolute atomic E-state index is 12.1. The summed E-state index contributed by atoms with van der Waals surface area (Å²) in [5.74, 6) is 0.673. The second-order valence-electron chi connectivity index (χ2n) is 6.25. The molecule has 10 heteroatoms. The molecular weight excluding hydrogens is 414 g/mol. The lowest BCUT2D eigenvalue weighted by Gasteiger charge is -2.28. The van der Waals surface area contributed by atoms with Crippen LogP contribution < -0.4 is 9.21 Å². The molecule has 1 aliphatic heterocycles. The lowest BCUT2D eigenvalue weighted by Crippen LogP contribution is -2.36. The average molecular weight is 436 g/mol. The molecule has 29 heavy (non-hydrogen) atoms. The van der Waals surface area contributed by atoms with E-state index in [2.05, 4.69) is 9.88 Å². The molecule has 1 aromatic carbocycles. The summed E-state index contributed by atoms with van der Waals surface area (Å²) in [6.45, 7) is 4.20. The van der Waals surface area contributed by atoms with Crippen LogP contribution in [0.15, 0.2) is 42.6 Å². The van der Waals surface area contributed by atoms with E-state index in [1.165, 1.54) is 11.2 Å². The van der Waals surface area contributed by atoms with Crippen LogP contribution >= 0.6 is 11.8 Å². The molecule has 154 valence electrons. The quantitative estimate of drug-likeness (QED) is 0.523. The Morgan fingerprint density at radius 3 is 2.38 bits per heavy atom. The summed E-state index contributed by atoms with van der Waals surface area (Å²) >= 11 is -1.37. The summed E-state index contributed by atoms with van der Waals surface area (Å²) in [5, 5.41) is -0.121. The first-order valence-corrected chi connectivity index (χ1v) is 11.0. The third-order valence-electron chi connectivity index (χ3n) is 4.29. The molecule has 1 fully saturated rings. The summed E-state index contributed by atoms with van der Waals surface area (Å²) in [6, 6.07) is 9.87. The predicted octanol–water partition coefficient (Wildman–Crippen LogP) is 2.66. The van der Waals surface area contributed by atoms with Crippen molar-refractivity contribution in [2.75, 3.05) is 41.3 Å². The van der Waals surface area contributed by atoms with E-state index >= 15 is 0 Å². The third-order valence-corrected chi connectivity index (χ3v) is 5.84. The molecule has 0 spiro atoms. The average Bonchev–Trinajstić information content (AvgIpc) is 2.73. The van der Waals surface area contributed by atoms with Gasteiger partial charge in [-0.1, -0.05) is 11.8 Å². The van der Waals surface area contributed by atoms with Crippen molar-refractivity contribution < 1.29 is 23.1 Å². The number of hydrogen-bond acceptors (Lipinski definition) is 7. The van der Waals surface area contributed by atoms with E-state index < -0.39 is 11.3 Å². The first-order valence-electron chi connectivity index (χ1n) is 8.92. The number of thioether (sulfide) groups is 1. The smallest absolute Gasteiger partial charge is 0.266 e. The Balaban J connectivity index is 1.76. The summed E-state index contributed by atoms with van der Waals surface area (Å²) in [6.07, 6.45) is 1.54. The first kappa shape index (κ1) is 21.4. The number of benzene rings is 1. The largest absolute Gasteiger partial charge is 0.378 e.